The number of amides is 1. The zero-order chi connectivity index (χ0) is 19.7. The van der Waals surface area contributed by atoms with Gasteiger partial charge in [0.2, 0.25) is 11.9 Å². The number of fused-ring (bicyclic) bond motifs is 1. The van der Waals surface area contributed by atoms with Gasteiger partial charge in [-0.3, -0.25) is 4.79 Å². The van der Waals surface area contributed by atoms with Crippen LogP contribution in [0.3, 0.4) is 0 Å². The van der Waals surface area contributed by atoms with Crippen molar-refractivity contribution in [3.8, 4) is 5.75 Å². The Kier molecular flexibility index (Phi) is 4.70. The number of hydrogen-bond acceptors (Lipinski definition) is 6. The first-order valence-corrected chi connectivity index (χ1v) is 8.93. The second-order valence-corrected chi connectivity index (χ2v) is 6.80. The van der Waals surface area contributed by atoms with Crippen molar-refractivity contribution in [1.29, 1.82) is 0 Å². The van der Waals surface area contributed by atoms with Crippen LogP contribution in [0.2, 0.25) is 5.02 Å². The second-order valence-electron chi connectivity index (χ2n) is 6.36. The lowest BCUT2D eigenvalue weighted by molar-refractivity contribution is -0.115. The minimum atomic E-state index is -0.529. The number of nitrogens with two attached hydrogens (primary N) is 1. The summed E-state index contributed by atoms with van der Waals surface area (Å²) in [5, 5.41) is 15.3. The van der Waals surface area contributed by atoms with Gasteiger partial charge in [-0.1, -0.05) is 41.0 Å². The van der Waals surface area contributed by atoms with E-state index >= 15 is 0 Å². The summed E-state index contributed by atoms with van der Waals surface area (Å²) in [4.78, 5) is 12.0. The first-order chi connectivity index (χ1) is 13.5. The number of hydrogen-bond donors (Lipinski definition) is 2. The van der Waals surface area contributed by atoms with Crippen LogP contribution < -0.4 is 15.8 Å². The predicted octanol–water partition coefficient (Wildman–Crippen LogP) is 2.68. The average Bonchev–Trinajstić information content (AvgIpc) is 3.14. The Morgan fingerprint density at radius 2 is 1.93 bits per heavy atom. The fraction of sp³-hybridized carbons (Fsp3) is 0.158. The third-order valence-corrected chi connectivity index (χ3v) is 4.75. The largest absolute Gasteiger partial charge is 0.489 e. The van der Waals surface area contributed by atoms with Crippen molar-refractivity contribution in [1.82, 2.24) is 20.2 Å². The van der Waals surface area contributed by atoms with E-state index in [4.69, 9.17) is 22.1 Å². The average molecular weight is 397 g/mol. The van der Waals surface area contributed by atoms with E-state index in [0.29, 0.717) is 34.6 Å². The molecule has 0 fully saturated rings. The van der Waals surface area contributed by atoms with Crippen LogP contribution in [0.25, 0.3) is 0 Å². The van der Waals surface area contributed by atoms with Crippen molar-refractivity contribution in [2.75, 3.05) is 5.32 Å². The third kappa shape index (κ3) is 3.41. The monoisotopic (exact) mass is 396 g/mol. The molecule has 0 saturated heterocycles. The number of anilines is 1. The molecular weight excluding hydrogens is 380 g/mol. The molecule has 1 atom stereocenters. The number of rotatable bonds is 5. The van der Waals surface area contributed by atoms with Crippen LogP contribution in [0.15, 0.2) is 59.8 Å². The van der Waals surface area contributed by atoms with E-state index in [-0.39, 0.29) is 0 Å². The SMILES string of the molecule is CC1=C(C(N)=O)C(c2ccc(OCc3ccc(Cl)cc3)cc2)n2nnnc2N1. The van der Waals surface area contributed by atoms with Crippen LogP contribution in [0.4, 0.5) is 5.95 Å². The molecule has 3 N–H and O–H groups in total. The van der Waals surface area contributed by atoms with Gasteiger partial charge in [0, 0.05) is 10.7 Å². The molecule has 9 heteroatoms. The van der Waals surface area contributed by atoms with Gasteiger partial charge in [0.05, 0.1) is 5.57 Å². The molecule has 1 amide bonds. The first kappa shape index (κ1) is 18.0. The van der Waals surface area contributed by atoms with Crippen molar-refractivity contribution in [3.05, 3.63) is 76.0 Å². The normalized spacial score (nSPS) is 15.7. The third-order valence-electron chi connectivity index (χ3n) is 4.49. The number of ether oxygens (including phenoxy) is 1. The maximum Gasteiger partial charge on any atom is 0.248 e. The molecule has 0 radical (unpaired) electrons. The molecule has 1 aromatic heterocycles. The molecule has 1 aliphatic rings. The maximum absolute atomic E-state index is 12.0. The van der Waals surface area contributed by atoms with Crippen LogP contribution in [0.5, 0.6) is 5.75 Å². The molecular formula is C19H17ClN6O2. The number of carbonyl (C=O) groups is 1. The van der Waals surface area contributed by atoms with Gasteiger partial charge in [-0.15, -0.1) is 0 Å². The van der Waals surface area contributed by atoms with E-state index in [9.17, 15) is 4.79 Å². The first-order valence-electron chi connectivity index (χ1n) is 8.55. The van der Waals surface area contributed by atoms with Gasteiger partial charge in [0.25, 0.3) is 0 Å². The highest BCUT2D eigenvalue weighted by Crippen LogP contribution is 2.34. The maximum atomic E-state index is 12.0. The zero-order valence-corrected chi connectivity index (χ0v) is 15.7. The summed E-state index contributed by atoms with van der Waals surface area (Å²) >= 11 is 5.89. The van der Waals surface area contributed by atoms with Gasteiger partial charge in [0.15, 0.2) is 0 Å². The lowest BCUT2D eigenvalue weighted by Gasteiger charge is -2.26. The molecule has 8 nitrogen and oxygen atoms in total. The van der Waals surface area contributed by atoms with Gasteiger partial charge in [-0.05, 0) is 52.7 Å². The lowest BCUT2D eigenvalue weighted by Crippen LogP contribution is -2.31. The highest BCUT2D eigenvalue weighted by Gasteiger charge is 2.32. The summed E-state index contributed by atoms with van der Waals surface area (Å²) in [6.07, 6.45) is 0. The van der Waals surface area contributed by atoms with Gasteiger partial charge in [-0.2, -0.15) is 4.68 Å². The fourth-order valence-electron chi connectivity index (χ4n) is 3.13. The number of primary amides is 1. The minimum Gasteiger partial charge on any atom is -0.489 e. The fourth-order valence-corrected chi connectivity index (χ4v) is 3.26. The van der Waals surface area contributed by atoms with Crippen molar-refractivity contribution >= 4 is 23.5 Å². The number of carbonyl (C=O) groups excluding carboxylic acids is 1. The Morgan fingerprint density at radius 3 is 2.61 bits per heavy atom. The molecule has 2 aromatic carbocycles. The van der Waals surface area contributed by atoms with Gasteiger partial charge in [-0.25, -0.2) is 0 Å². The Bertz CT molecular complexity index is 1040. The van der Waals surface area contributed by atoms with E-state index in [1.54, 1.807) is 6.92 Å². The Hall–Kier alpha value is -3.39. The topological polar surface area (TPSA) is 108 Å². The van der Waals surface area contributed by atoms with Crippen molar-refractivity contribution < 1.29 is 9.53 Å². The summed E-state index contributed by atoms with van der Waals surface area (Å²) in [5.74, 6) is 0.626. The highest BCUT2D eigenvalue weighted by atomic mass is 35.5. The molecule has 28 heavy (non-hydrogen) atoms. The Morgan fingerprint density at radius 1 is 1.21 bits per heavy atom. The predicted molar refractivity (Wildman–Crippen MR) is 104 cm³/mol. The molecule has 1 aliphatic heterocycles. The number of allylic oxidation sites excluding steroid dienone is 1. The Balaban J connectivity index is 1.57. The summed E-state index contributed by atoms with van der Waals surface area (Å²) < 4.78 is 7.36. The van der Waals surface area contributed by atoms with E-state index < -0.39 is 11.9 Å². The van der Waals surface area contributed by atoms with Crippen molar-refractivity contribution in [2.45, 2.75) is 19.6 Å². The molecule has 0 spiro atoms. The zero-order valence-electron chi connectivity index (χ0n) is 15.0. The molecule has 0 aliphatic carbocycles. The number of tetrazole rings is 1. The Labute approximate surface area is 165 Å². The highest BCUT2D eigenvalue weighted by molar-refractivity contribution is 6.30. The van der Waals surface area contributed by atoms with E-state index in [0.717, 1.165) is 11.1 Å². The standard InChI is InChI=1S/C19H17ClN6O2/c1-11-16(18(21)27)17(26-19(22-11)23-24-25-26)13-4-8-15(9-5-13)28-10-12-2-6-14(20)7-3-12/h2-9,17H,10H2,1H3,(H2,21,27)(H,22,23,25). The number of halogens is 1. The molecule has 0 saturated carbocycles. The number of nitrogens with one attached hydrogen (secondary N) is 1. The molecule has 0 bridgehead atoms. The van der Waals surface area contributed by atoms with Crippen LogP contribution in [-0.2, 0) is 11.4 Å². The number of aromatic nitrogens is 4. The minimum absolute atomic E-state index is 0.412. The van der Waals surface area contributed by atoms with Crippen LogP contribution in [0.1, 0.15) is 24.1 Å². The number of benzene rings is 2. The van der Waals surface area contributed by atoms with Crippen LogP contribution >= 0.6 is 11.6 Å². The quantitative estimate of drug-likeness (QED) is 0.686. The van der Waals surface area contributed by atoms with Crippen molar-refractivity contribution in [3.63, 3.8) is 0 Å². The number of nitrogens with zero attached hydrogens (tertiary/aromatic N) is 4. The molecule has 1 unspecified atom stereocenters. The second kappa shape index (κ2) is 7.32. The van der Waals surface area contributed by atoms with E-state index in [1.165, 1.54) is 4.68 Å². The summed E-state index contributed by atoms with van der Waals surface area (Å²) in [5.41, 5.74) is 8.49. The van der Waals surface area contributed by atoms with Crippen LogP contribution in [-0.4, -0.2) is 26.1 Å². The van der Waals surface area contributed by atoms with E-state index in [1.807, 2.05) is 48.5 Å². The van der Waals surface area contributed by atoms with Crippen molar-refractivity contribution in [2.24, 2.45) is 5.73 Å². The van der Waals surface area contributed by atoms with Gasteiger partial charge in [0.1, 0.15) is 18.4 Å². The molecule has 142 valence electrons. The molecule has 4 rings (SSSR count). The van der Waals surface area contributed by atoms with Gasteiger partial charge < -0.3 is 15.8 Å². The van der Waals surface area contributed by atoms with Gasteiger partial charge >= 0.3 is 0 Å². The summed E-state index contributed by atoms with van der Waals surface area (Å²) in [7, 11) is 0. The molecule has 2 heterocycles. The van der Waals surface area contributed by atoms with Crippen LogP contribution in [0, 0.1) is 0 Å². The smallest absolute Gasteiger partial charge is 0.248 e. The molecule has 3 aromatic rings. The summed E-state index contributed by atoms with van der Waals surface area (Å²) in [6, 6.07) is 14.4. The lowest BCUT2D eigenvalue weighted by atomic mass is 9.95. The summed E-state index contributed by atoms with van der Waals surface area (Å²) in [6.45, 7) is 2.20. The van der Waals surface area contributed by atoms with E-state index in [2.05, 4.69) is 20.8 Å².